The van der Waals surface area contributed by atoms with Gasteiger partial charge < -0.3 is 19.5 Å². The van der Waals surface area contributed by atoms with Crippen molar-refractivity contribution in [1.29, 1.82) is 0 Å². The fourth-order valence-corrected chi connectivity index (χ4v) is 2.03. The minimum atomic E-state index is 0.336. The Labute approximate surface area is 97.2 Å². The lowest BCUT2D eigenvalue weighted by Crippen LogP contribution is -2.44. The predicted octanol–water partition coefficient (Wildman–Crippen LogP) is 0.445. The summed E-state index contributed by atoms with van der Waals surface area (Å²) >= 11 is 0. The second-order valence-electron chi connectivity index (χ2n) is 4.57. The lowest BCUT2D eigenvalue weighted by Gasteiger charge is -2.30. The fraction of sp³-hybridized carbons (Fsp3) is 0.667. The van der Waals surface area contributed by atoms with Crippen LogP contribution < -0.4 is 5.32 Å². The van der Waals surface area contributed by atoms with Crippen LogP contribution >= 0.6 is 0 Å². The van der Waals surface area contributed by atoms with E-state index in [2.05, 4.69) is 40.3 Å². The maximum Gasteiger partial charge on any atom is 0.0826 e. The van der Waals surface area contributed by atoms with Crippen molar-refractivity contribution in [3.8, 4) is 0 Å². The predicted molar refractivity (Wildman–Crippen MR) is 64.4 cm³/mol. The lowest BCUT2D eigenvalue weighted by molar-refractivity contribution is -0.0182. The lowest BCUT2D eigenvalue weighted by atomic mass is 10.2. The number of rotatable bonds is 4. The van der Waals surface area contributed by atoms with Crippen molar-refractivity contribution in [2.75, 3.05) is 33.3 Å². The molecule has 4 nitrogen and oxygen atoms in total. The van der Waals surface area contributed by atoms with Gasteiger partial charge >= 0.3 is 0 Å². The third-order valence-electron chi connectivity index (χ3n) is 2.94. The quantitative estimate of drug-likeness (QED) is 0.803. The van der Waals surface area contributed by atoms with E-state index >= 15 is 0 Å². The van der Waals surface area contributed by atoms with E-state index in [9.17, 15) is 0 Å². The van der Waals surface area contributed by atoms with E-state index in [1.165, 1.54) is 5.56 Å². The molecule has 1 N–H and O–H groups in total. The van der Waals surface area contributed by atoms with Crippen LogP contribution in [0.15, 0.2) is 18.5 Å². The van der Waals surface area contributed by atoms with Crippen LogP contribution in [0, 0.1) is 0 Å². The number of hydrogen-bond acceptors (Lipinski definition) is 3. The van der Waals surface area contributed by atoms with Crippen molar-refractivity contribution in [1.82, 2.24) is 14.8 Å². The molecule has 1 atom stereocenters. The molecule has 1 unspecified atom stereocenters. The normalized spacial score (nSPS) is 22.5. The van der Waals surface area contributed by atoms with Crippen LogP contribution in [0.25, 0.3) is 0 Å². The number of aromatic nitrogens is 1. The van der Waals surface area contributed by atoms with E-state index in [1.807, 2.05) is 7.05 Å². The van der Waals surface area contributed by atoms with E-state index in [1.54, 1.807) is 0 Å². The Morgan fingerprint density at radius 3 is 3.06 bits per heavy atom. The highest BCUT2D eigenvalue weighted by Crippen LogP contribution is 2.03. The summed E-state index contributed by atoms with van der Waals surface area (Å²) in [6.07, 6.45) is 4.55. The standard InChI is InChI=1S/C12H21N3O/c1-14-4-3-11(9-14)7-13-8-12-10-15(2)5-6-16-12/h3-4,9,12-13H,5-8,10H2,1-2H3. The molecular weight excluding hydrogens is 202 g/mol. The molecule has 0 bridgehead atoms. The zero-order valence-corrected chi connectivity index (χ0v) is 10.1. The first-order valence-electron chi connectivity index (χ1n) is 5.86. The molecule has 0 saturated carbocycles. The zero-order valence-electron chi connectivity index (χ0n) is 10.1. The first-order valence-corrected chi connectivity index (χ1v) is 5.86. The van der Waals surface area contributed by atoms with Crippen LogP contribution in [0.2, 0.25) is 0 Å². The average Bonchev–Trinajstić information content (AvgIpc) is 2.64. The van der Waals surface area contributed by atoms with Crippen LogP contribution in [0.4, 0.5) is 0 Å². The number of aryl methyl sites for hydroxylation is 1. The molecule has 16 heavy (non-hydrogen) atoms. The molecule has 0 radical (unpaired) electrons. The maximum absolute atomic E-state index is 5.68. The summed E-state index contributed by atoms with van der Waals surface area (Å²) in [5, 5.41) is 3.44. The van der Waals surface area contributed by atoms with Gasteiger partial charge in [-0.25, -0.2) is 0 Å². The maximum atomic E-state index is 5.68. The topological polar surface area (TPSA) is 29.4 Å². The number of morpholine rings is 1. The van der Waals surface area contributed by atoms with Gasteiger partial charge in [0.15, 0.2) is 0 Å². The van der Waals surface area contributed by atoms with Gasteiger partial charge in [0.05, 0.1) is 12.7 Å². The smallest absolute Gasteiger partial charge is 0.0826 e. The van der Waals surface area contributed by atoms with Crippen molar-refractivity contribution >= 4 is 0 Å². The molecule has 0 amide bonds. The number of nitrogens with zero attached hydrogens (tertiary/aromatic N) is 2. The Morgan fingerprint density at radius 2 is 2.38 bits per heavy atom. The molecule has 1 saturated heterocycles. The molecule has 0 aliphatic carbocycles. The van der Waals surface area contributed by atoms with Crippen LogP contribution in [-0.2, 0) is 18.3 Å². The first kappa shape index (κ1) is 11.6. The molecule has 0 aromatic carbocycles. The Balaban J connectivity index is 1.67. The van der Waals surface area contributed by atoms with E-state index in [0.29, 0.717) is 6.10 Å². The van der Waals surface area contributed by atoms with Crippen molar-refractivity contribution in [2.24, 2.45) is 7.05 Å². The minimum Gasteiger partial charge on any atom is -0.374 e. The van der Waals surface area contributed by atoms with Crippen LogP contribution in [0.3, 0.4) is 0 Å². The van der Waals surface area contributed by atoms with Gasteiger partial charge in [-0.05, 0) is 18.7 Å². The van der Waals surface area contributed by atoms with Crippen LogP contribution in [-0.4, -0.2) is 48.9 Å². The summed E-state index contributed by atoms with van der Waals surface area (Å²) in [5.41, 5.74) is 1.33. The van der Waals surface area contributed by atoms with Gasteiger partial charge in [0.2, 0.25) is 0 Å². The number of likely N-dealkylation sites (N-methyl/N-ethyl adjacent to an activating group) is 1. The van der Waals surface area contributed by atoms with E-state index in [4.69, 9.17) is 4.74 Å². The van der Waals surface area contributed by atoms with Crippen LogP contribution in [0.5, 0.6) is 0 Å². The second kappa shape index (κ2) is 5.48. The molecule has 1 aromatic heterocycles. The average molecular weight is 223 g/mol. The molecule has 2 heterocycles. The molecule has 90 valence electrons. The highest BCUT2D eigenvalue weighted by Gasteiger charge is 2.16. The summed E-state index contributed by atoms with van der Waals surface area (Å²) in [6, 6.07) is 2.14. The van der Waals surface area contributed by atoms with Crippen molar-refractivity contribution < 1.29 is 4.74 Å². The van der Waals surface area contributed by atoms with Gasteiger partial charge in [0.1, 0.15) is 0 Å². The molecule has 1 aliphatic heterocycles. The highest BCUT2D eigenvalue weighted by atomic mass is 16.5. The molecule has 1 aliphatic rings. The van der Waals surface area contributed by atoms with Crippen molar-refractivity contribution in [2.45, 2.75) is 12.6 Å². The Morgan fingerprint density at radius 1 is 1.50 bits per heavy atom. The molecule has 4 heteroatoms. The van der Waals surface area contributed by atoms with E-state index in [-0.39, 0.29) is 0 Å². The van der Waals surface area contributed by atoms with E-state index in [0.717, 1.165) is 32.8 Å². The summed E-state index contributed by atoms with van der Waals surface area (Å²) in [5.74, 6) is 0. The molecule has 0 spiro atoms. The van der Waals surface area contributed by atoms with Gasteiger partial charge in [-0.1, -0.05) is 0 Å². The van der Waals surface area contributed by atoms with Gasteiger partial charge in [0, 0.05) is 45.6 Å². The molecule has 1 fully saturated rings. The monoisotopic (exact) mass is 223 g/mol. The van der Waals surface area contributed by atoms with Crippen molar-refractivity contribution in [3.05, 3.63) is 24.0 Å². The van der Waals surface area contributed by atoms with Crippen molar-refractivity contribution in [3.63, 3.8) is 0 Å². The zero-order chi connectivity index (χ0) is 11.4. The Bertz CT molecular complexity index is 324. The highest BCUT2D eigenvalue weighted by molar-refractivity contribution is 5.09. The summed E-state index contributed by atoms with van der Waals surface area (Å²) in [4.78, 5) is 2.32. The fourth-order valence-electron chi connectivity index (χ4n) is 2.03. The van der Waals surface area contributed by atoms with Gasteiger partial charge in [-0.3, -0.25) is 0 Å². The third kappa shape index (κ3) is 3.33. The molecular formula is C12H21N3O. The van der Waals surface area contributed by atoms with Crippen LogP contribution in [0.1, 0.15) is 5.56 Å². The SMILES string of the molecule is CN1CCOC(CNCc2ccn(C)c2)C1. The Kier molecular flexibility index (Phi) is 3.98. The Hall–Kier alpha value is -0.840. The third-order valence-corrected chi connectivity index (χ3v) is 2.94. The minimum absolute atomic E-state index is 0.336. The van der Waals surface area contributed by atoms with E-state index < -0.39 is 0 Å². The summed E-state index contributed by atoms with van der Waals surface area (Å²) in [6.45, 7) is 4.79. The summed E-state index contributed by atoms with van der Waals surface area (Å²) < 4.78 is 7.75. The number of ether oxygens (including phenoxy) is 1. The second-order valence-corrected chi connectivity index (χ2v) is 4.57. The number of nitrogens with one attached hydrogen (secondary N) is 1. The van der Waals surface area contributed by atoms with Gasteiger partial charge in [-0.2, -0.15) is 0 Å². The molecule has 2 rings (SSSR count). The largest absolute Gasteiger partial charge is 0.374 e. The number of hydrogen-bond donors (Lipinski definition) is 1. The van der Waals surface area contributed by atoms with Gasteiger partial charge in [0.25, 0.3) is 0 Å². The van der Waals surface area contributed by atoms with Gasteiger partial charge in [-0.15, -0.1) is 0 Å². The molecule has 1 aromatic rings. The summed E-state index contributed by atoms with van der Waals surface area (Å²) in [7, 11) is 4.19. The first-order chi connectivity index (χ1) is 7.74.